The smallest absolute Gasteiger partial charge is 0.120 e. The van der Waals surface area contributed by atoms with Crippen LogP contribution in [0.1, 0.15) is 16.0 Å². The third-order valence-electron chi connectivity index (χ3n) is 2.32. The number of alkyl halides is 1. The van der Waals surface area contributed by atoms with E-state index in [0.29, 0.717) is 0 Å². The number of hydrogen-bond donors (Lipinski definition) is 0. The van der Waals surface area contributed by atoms with Crippen LogP contribution in [0.5, 0.6) is 5.75 Å². The molecule has 2 aromatic rings. The summed E-state index contributed by atoms with van der Waals surface area (Å²) in [5.74, 6) is 0.836. The Bertz CT molecular complexity index is 466. The van der Waals surface area contributed by atoms with E-state index in [0.717, 1.165) is 21.3 Å². The lowest BCUT2D eigenvalue weighted by Crippen LogP contribution is -1.93. The maximum absolute atomic E-state index is 5.16. The maximum Gasteiger partial charge on any atom is 0.120 e. The van der Waals surface area contributed by atoms with Gasteiger partial charge in [-0.1, -0.05) is 37.9 Å². The van der Waals surface area contributed by atoms with Gasteiger partial charge in [0.15, 0.2) is 0 Å². The van der Waals surface area contributed by atoms with Crippen LogP contribution in [0.4, 0.5) is 0 Å². The summed E-state index contributed by atoms with van der Waals surface area (Å²) >= 11 is 7.17. The summed E-state index contributed by atoms with van der Waals surface area (Å²) < 4.78 is 11.2. The van der Waals surface area contributed by atoms with Crippen LogP contribution in [0.15, 0.2) is 45.7 Å². The minimum absolute atomic E-state index is 0.117. The molecule has 0 spiro atoms. The Hall–Kier alpha value is -0.740. The molecule has 2 rings (SSSR count). The van der Waals surface area contributed by atoms with Gasteiger partial charge in [0, 0.05) is 10.0 Å². The highest BCUT2D eigenvalue weighted by atomic mass is 79.9. The number of rotatable bonds is 3. The van der Waals surface area contributed by atoms with Crippen molar-refractivity contribution in [2.24, 2.45) is 0 Å². The molecule has 0 aliphatic rings. The van der Waals surface area contributed by atoms with Crippen molar-refractivity contribution in [3.8, 4) is 5.75 Å². The van der Waals surface area contributed by atoms with Gasteiger partial charge in [-0.3, -0.25) is 0 Å². The Balaban J connectivity index is 2.34. The minimum Gasteiger partial charge on any atom is -0.497 e. The lowest BCUT2D eigenvalue weighted by atomic mass is 10.1. The third kappa shape index (κ3) is 2.33. The molecule has 1 heterocycles. The fourth-order valence-electron chi connectivity index (χ4n) is 1.44. The second kappa shape index (κ2) is 5.06. The lowest BCUT2D eigenvalue weighted by Gasteiger charge is -2.11. The van der Waals surface area contributed by atoms with Crippen LogP contribution in [0, 0.1) is 0 Å². The van der Waals surface area contributed by atoms with Crippen LogP contribution < -0.4 is 4.74 Å². The molecule has 84 valence electrons. The largest absolute Gasteiger partial charge is 0.497 e. The number of halogens is 2. The standard InChI is InChI=1S/C12H10Br2O2/c1-15-9-2-3-10(11(13)6-9)12(14)8-4-5-16-7-8/h2-7,12H,1H3. The molecular formula is C12H10Br2O2. The maximum atomic E-state index is 5.16. The van der Waals surface area contributed by atoms with Crippen LogP contribution in [0.3, 0.4) is 0 Å². The lowest BCUT2D eigenvalue weighted by molar-refractivity contribution is 0.414. The number of benzene rings is 1. The molecule has 1 unspecified atom stereocenters. The van der Waals surface area contributed by atoms with Crippen molar-refractivity contribution in [2.45, 2.75) is 4.83 Å². The molecule has 0 saturated heterocycles. The van der Waals surface area contributed by atoms with Gasteiger partial charge in [-0.05, 0) is 23.8 Å². The predicted molar refractivity (Wildman–Crippen MR) is 70.2 cm³/mol. The third-order valence-corrected chi connectivity index (χ3v) is 4.03. The summed E-state index contributed by atoms with van der Waals surface area (Å²) in [6.45, 7) is 0. The van der Waals surface area contributed by atoms with Crippen molar-refractivity contribution in [3.05, 3.63) is 52.4 Å². The van der Waals surface area contributed by atoms with Gasteiger partial charge in [-0.15, -0.1) is 0 Å². The molecule has 16 heavy (non-hydrogen) atoms. The van der Waals surface area contributed by atoms with Crippen molar-refractivity contribution >= 4 is 31.9 Å². The molecule has 0 amide bonds. The zero-order valence-electron chi connectivity index (χ0n) is 8.61. The average Bonchev–Trinajstić information content (AvgIpc) is 2.81. The Morgan fingerprint density at radius 1 is 1.31 bits per heavy atom. The number of furan rings is 1. The van der Waals surface area contributed by atoms with Crippen molar-refractivity contribution < 1.29 is 9.15 Å². The Morgan fingerprint density at radius 3 is 2.69 bits per heavy atom. The number of hydrogen-bond acceptors (Lipinski definition) is 2. The summed E-state index contributed by atoms with van der Waals surface area (Å²) in [5.41, 5.74) is 2.23. The molecule has 1 atom stereocenters. The molecule has 4 heteroatoms. The predicted octanol–water partition coefficient (Wildman–Crippen LogP) is 4.54. The summed E-state index contributed by atoms with van der Waals surface area (Å²) in [6.07, 6.45) is 3.40. The van der Waals surface area contributed by atoms with Crippen molar-refractivity contribution in [2.75, 3.05) is 7.11 Å². The van der Waals surface area contributed by atoms with Crippen molar-refractivity contribution in [3.63, 3.8) is 0 Å². The molecule has 0 saturated carbocycles. The van der Waals surface area contributed by atoms with Gasteiger partial charge in [0.1, 0.15) is 5.75 Å². The molecule has 0 fully saturated rings. The van der Waals surface area contributed by atoms with E-state index in [1.54, 1.807) is 19.6 Å². The average molecular weight is 346 g/mol. The molecule has 0 aliphatic heterocycles. The van der Waals surface area contributed by atoms with Gasteiger partial charge in [-0.2, -0.15) is 0 Å². The van der Waals surface area contributed by atoms with Crippen LogP contribution >= 0.6 is 31.9 Å². The second-order valence-electron chi connectivity index (χ2n) is 3.31. The molecule has 0 bridgehead atoms. The first kappa shape index (κ1) is 11.7. The highest BCUT2D eigenvalue weighted by molar-refractivity contribution is 9.11. The molecule has 0 N–H and O–H groups in total. The van der Waals surface area contributed by atoms with Gasteiger partial charge in [0.25, 0.3) is 0 Å². The molecule has 2 nitrogen and oxygen atoms in total. The molecule has 1 aromatic heterocycles. The zero-order valence-corrected chi connectivity index (χ0v) is 11.8. The van der Waals surface area contributed by atoms with E-state index in [-0.39, 0.29) is 4.83 Å². The van der Waals surface area contributed by atoms with Crippen LogP contribution in [0.25, 0.3) is 0 Å². The zero-order chi connectivity index (χ0) is 11.5. The van der Waals surface area contributed by atoms with E-state index in [9.17, 15) is 0 Å². The van der Waals surface area contributed by atoms with Gasteiger partial charge >= 0.3 is 0 Å². The highest BCUT2D eigenvalue weighted by Gasteiger charge is 2.14. The Kier molecular flexibility index (Phi) is 3.71. The first-order chi connectivity index (χ1) is 7.72. The summed E-state index contributed by atoms with van der Waals surface area (Å²) in [5, 5.41) is 0. The number of methoxy groups -OCH3 is 1. The van der Waals surface area contributed by atoms with E-state index in [4.69, 9.17) is 9.15 Å². The van der Waals surface area contributed by atoms with Gasteiger partial charge < -0.3 is 9.15 Å². The van der Waals surface area contributed by atoms with Crippen LogP contribution in [0.2, 0.25) is 0 Å². The van der Waals surface area contributed by atoms with E-state index >= 15 is 0 Å². The van der Waals surface area contributed by atoms with E-state index < -0.39 is 0 Å². The van der Waals surface area contributed by atoms with Crippen LogP contribution in [-0.2, 0) is 0 Å². The fraction of sp³-hybridized carbons (Fsp3) is 0.167. The number of ether oxygens (including phenoxy) is 1. The van der Waals surface area contributed by atoms with Crippen LogP contribution in [-0.4, -0.2) is 7.11 Å². The summed E-state index contributed by atoms with van der Waals surface area (Å²) in [4.78, 5) is 0.117. The topological polar surface area (TPSA) is 22.4 Å². The second-order valence-corrected chi connectivity index (χ2v) is 5.08. The Morgan fingerprint density at radius 2 is 2.12 bits per heavy atom. The molecule has 1 aromatic carbocycles. The minimum atomic E-state index is 0.117. The van der Waals surface area contributed by atoms with E-state index in [2.05, 4.69) is 31.9 Å². The fourth-order valence-corrected chi connectivity index (χ4v) is 2.99. The normalized spacial score (nSPS) is 12.4. The molecular weight excluding hydrogens is 336 g/mol. The summed E-state index contributed by atoms with van der Waals surface area (Å²) in [6, 6.07) is 7.85. The van der Waals surface area contributed by atoms with E-state index in [1.165, 1.54) is 0 Å². The van der Waals surface area contributed by atoms with Gasteiger partial charge in [0.2, 0.25) is 0 Å². The first-order valence-electron chi connectivity index (χ1n) is 4.72. The van der Waals surface area contributed by atoms with Crippen molar-refractivity contribution in [1.29, 1.82) is 0 Å². The molecule has 0 radical (unpaired) electrons. The Labute approximate surface area is 111 Å². The SMILES string of the molecule is COc1ccc(C(Br)c2ccoc2)c(Br)c1. The molecule has 0 aliphatic carbocycles. The van der Waals surface area contributed by atoms with E-state index in [1.807, 2.05) is 24.3 Å². The quantitative estimate of drug-likeness (QED) is 0.762. The summed E-state index contributed by atoms with van der Waals surface area (Å²) in [7, 11) is 1.66. The van der Waals surface area contributed by atoms with Gasteiger partial charge in [0.05, 0.1) is 24.5 Å². The van der Waals surface area contributed by atoms with Gasteiger partial charge in [-0.25, -0.2) is 0 Å². The van der Waals surface area contributed by atoms with Crippen molar-refractivity contribution in [1.82, 2.24) is 0 Å². The monoisotopic (exact) mass is 344 g/mol. The highest BCUT2D eigenvalue weighted by Crippen LogP contribution is 2.36. The first-order valence-corrected chi connectivity index (χ1v) is 6.43.